The summed E-state index contributed by atoms with van der Waals surface area (Å²) < 4.78 is 0. The summed E-state index contributed by atoms with van der Waals surface area (Å²) in [6.07, 6.45) is 0. The number of carbonyl (C=O) groups excluding carboxylic acids is 2. The van der Waals surface area contributed by atoms with Gasteiger partial charge < -0.3 is 16.0 Å². The Morgan fingerprint density at radius 1 is 1.41 bits per heavy atom. The zero-order chi connectivity index (χ0) is 12.3. The molecule has 0 aliphatic carbocycles. The predicted octanol–water partition coefficient (Wildman–Crippen LogP) is -0.355. The molecule has 0 radical (unpaired) electrons. The molecule has 1 aliphatic heterocycles. The van der Waals surface area contributed by atoms with E-state index in [9.17, 15) is 9.59 Å². The van der Waals surface area contributed by atoms with Gasteiger partial charge in [0.25, 0.3) is 0 Å². The number of benzene rings is 1. The van der Waals surface area contributed by atoms with Gasteiger partial charge in [0.15, 0.2) is 0 Å². The highest BCUT2D eigenvalue weighted by atomic mass is 16.2. The average Bonchev–Trinajstić information content (AvgIpc) is 2.38. The molecule has 1 aromatic rings. The van der Waals surface area contributed by atoms with Gasteiger partial charge in [-0.3, -0.25) is 9.59 Å². The van der Waals surface area contributed by atoms with E-state index in [1.54, 1.807) is 0 Å². The van der Waals surface area contributed by atoms with Crippen LogP contribution in [0.1, 0.15) is 11.6 Å². The van der Waals surface area contributed by atoms with Crippen LogP contribution in [0.3, 0.4) is 0 Å². The van der Waals surface area contributed by atoms with Crippen molar-refractivity contribution in [2.75, 3.05) is 19.6 Å². The molecule has 1 unspecified atom stereocenters. The molecule has 1 aromatic carbocycles. The number of carbonyl (C=O) groups is 2. The van der Waals surface area contributed by atoms with E-state index in [2.05, 4.69) is 5.32 Å². The van der Waals surface area contributed by atoms with E-state index in [1.807, 2.05) is 30.3 Å². The summed E-state index contributed by atoms with van der Waals surface area (Å²) in [7, 11) is 0. The summed E-state index contributed by atoms with van der Waals surface area (Å²) in [6.45, 7) is 0.909. The number of nitrogens with zero attached hydrogens (tertiary/aromatic N) is 1. The second kappa shape index (κ2) is 4.97. The first kappa shape index (κ1) is 11.6. The lowest BCUT2D eigenvalue weighted by Crippen LogP contribution is -2.53. The average molecular weight is 233 g/mol. The molecule has 1 fully saturated rings. The summed E-state index contributed by atoms with van der Waals surface area (Å²) in [5, 5.41) is 2.77. The quantitative estimate of drug-likeness (QED) is 0.732. The van der Waals surface area contributed by atoms with Crippen LogP contribution in [0.25, 0.3) is 0 Å². The van der Waals surface area contributed by atoms with Crippen molar-refractivity contribution in [1.29, 1.82) is 0 Å². The molecule has 5 nitrogen and oxygen atoms in total. The molecule has 2 rings (SSSR count). The first-order valence-electron chi connectivity index (χ1n) is 5.56. The maximum absolute atomic E-state index is 11.9. The normalized spacial score (nSPS) is 19.9. The molecule has 0 bridgehead atoms. The molecule has 0 spiro atoms. The Bertz CT molecular complexity index is 419. The molecule has 1 aliphatic rings. The fourth-order valence-electron chi connectivity index (χ4n) is 2.02. The molecule has 0 aromatic heterocycles. The molecule has 1 heterocycles. The Kier molecular flexibility index (Phi) is 3.39. The number of amides is 2. The first-order chi connectivity index (χ1) is 8.24. The molecule has 0 saturated carbocycles. The van der Waals surface area contributed by atoms with Gasteiger partial charge >= 0.3 is 0 Å². The van der Waals surface area contributed by atoms with Gasteiger partial charge in [-0.2, -0.15) is 0 Å². The van der Waals surface area contributed by atoms with Crippen LogP contribution in [-0.2, 0) is 9.59 Å². The minimum absolute atomic E-state index is 0.0728. The standard InChI is InChI=1S/C12H15N3O2/c13-8-10(16)15-7-6-14-12(17)11(15)9-4-2-1-3-5-9/h1-5,11H,6-8,13H2,(H,14,17). The topological polar surface area (TPSA) is 75.4 Å². The van der Waals surface area contributed by atoms with Crippen molar-refractivity contribution in [2.45, 2.75) is 6.04 Å². The van der Waals surface area contributed by atoms with Crippen LogP contribution >= 0.6 is 0 Å². The lowest BCUT2D eigenvalue weighted by atomic mass is 10.0. The van der Waals surface area contributed by atoms with Gasteiger partial charge in [-0.1, -0.05) is 30.3 Å². The smallest absolute Gasteiger partial charge is 0.247 e. The SMILES string of the molecule is NCC(=O)N1CCNC(=O)C1c1ccccc1. The van der Waals surface area contributed by atoms with Crippen molar-refractivity contribution in [1.82, 2.24) is 10.2 Å². The van der Waals surface area contributed by atoms with Crippen LogP contribution in [0.4, 0.5) is 0 Å². The van der Waals surface area contributed by atoms with E-state index in [0.717, 1.165) is 5.56 Å². The van der Waals surface area contributed by atoms with E-state index >= 15 is 0 Å². The largest absolute Gasteiger partial charge is 0.352 e. The van der Waals surface area contributed by atoms with Crippen molar-refractivity contribution in [2.24, 2.45) is 5.73 Å². The number of piperazine rings is 1. The first-order valence-corrected chi connectivity index (χ1v) is 5.56. The van der Waals surface area contributed by atoms with Gasteiger partial charge in [0.1, 0.15) is 6.04 Å². The Hall–Kier alpha value is -1.88. The van der Waals surface area contributed by atoms with Crippen LogP contribution in [-0.4, -0.2) is 36.3 Å². The Labute approximate surface area is 99.6 Å². The van der Waals surface area contributed by atoms with Crippen molar-refractivity contribution >= 4 is 11.8 Å². The molecular formula is C12H15N3O2. The predicted molar refractivity (Wildman–Crippen MR) is 63.0 cm³/mol. The third-order valence-electron chi connectivity index (χ3n) is 2.82. The highest BCUT2D eigenvalue weighted by molar-refractivity contribution is 5.90. The number of rotatable bonds is 2. The van der Waals surface area contributed by atoms with Gasteiger partial charge in [-0.15, -0.1) is 0 Å². The molecule has 5 heteroatoms. The van der Waals surface area contributed by atoms with Crippen molar-refractivity contribution in [3.05, 3.63) is 35.9 Å². The second-order valence-electron chi connectivity index (χ2n) is 3.90. The lowest BCUT2D eigenvalue weighted by molar-refractivity contribution is -0.142. The molecule has 1 atom stereocenters. The van der Waals surface area contributed by atoms with Crippen molar-refractivity contribution < 1.29 is 9.59 Å². The zero-order valence-electron chi connectivity index (χ0n) is 9.43. The van der Waals surface area contributed by atoms with Crippen molar-refractivity contribution in [3.8, 4) is 0 Å². The number of nitrogens with two attached hydrogens (primary N) is 1. The van der Waals surface area contributed by atoms with Crippen LogP contribution in [0.5, 0.6) is 0 Å². The van der Waals surface area contributed by atoms with E-state index < -0.39 is 6.04 Å². The van der Waals surface area contributed by atoms with Gasteiger partial charge in [0.2, 0.25) is 11.8 Å². The second-order valence-corrected chi connectivity index (χ2v) is 3.90. The number of hydrogen-bond donors (Lipinski definition) is 2. The fourth-order valence-corrected chi connectivity index (χ4v) is 2.02. The molecular weight excluding hydrogens is 218 g/mol. The highest BCUT2D eigenvalue weighted by Gasteiger charge is 2.33. The van der Waals surface area contributed by atoms with Gasteiger partial charge in [0, 0.05) is 13.1 Å². The van der Waals surface area contributed by atoms with Crippen LogP contribution in [0.15, 0.2) is 30.3 Å². The minimum Gasteiger partial charge on any atom is -0.352 e. The molecule has 1 saturated heterocycles. The fraction of sp³-hybridized carbons (Fsp3) is 0.333. The number of hydrogen-bond acceptors (Lipinski definition) is 3. The molecule has 3 N–H and O–H groups in total. The monoisotopic (exact) mass is 233 g/mol. The summed E-state index contributed by atoms with van der Waals surface area (Å²) in [5.41, 5.74) is 6.18. The summed E-state index contributed by atoms with van der Waals surface area (Å²) >= 11 is 0. The van der Waals surface area contributed by atoms with Gasteiger partial charge in [0.05, 0.1) is 6.54 Å². The van der Waals surface area contributed by atoms with Crippen molar-refractivity contribution in [3.63, 3.8) is 0 Å². The number of nitrogens with one attached hydrogen (secondary N) is 1. The molecule has 17 heavy (non-hydrogen) atoms. The minimum atomic E-state index is -0.555. The van der Waals surface area contributed by atoms with E-state index in [-0.39, 0.29) is 18.4 Å². The zero-order valence-corrected chi connectivity index (χ0v) is 9.43. The summed E-state index contributed by atoms with van der Waals surface area (Å²) in [6, 6.07) is 8.70. The van der Waals surface area contributed by atoms with E-state index in [0.29, 0.717) is 13.1 Å². The van der Waals surface area contributed by atoms with E-state index in [1.165, 1.54) is 4.90 Å². The van der Waals surface area contributed by atoms with E-state index in [4.69, 9.17) is 5.73 Å². The Balaban J connectivity index is 2.31. The van der Waals surface area contributed by atoms with Crippen LogP contribution in [0, 0.1) is 0 Å². The molecule has 2 amide bonds. The third kappa shape index (κ3) is 2.29. The maximum atomic E-state index is 11.9. The lowest BCUT2D eigenvalue weighted by Gasteiger charge is -2.35. The summed E-state index contributed by atoms with van der Waals surface area (Å²) in [5.74, 6) is -0.349. The van der Waals surface area contributed by atoms with Crippen LogP contribution in [0.2, 0.25) is 0 Å². The summed E-state index contributed by atoms with van der Waals surface area (Å²) in [4.78, 5) is 25.1. The Morgan fingerprint density at radius 2 is 2.12 bits per heavy atom. The highest BCUT2D eigenvalue weighted by Crippen LogP contribution is 2.22. The third-order valence-corrected chi connectivity index (χ3v) is 2.82. The molecule has 90 valence electrons. The Morgan fingerprint density at radius 3 is 2.76 bits per heavy atom. The van der Waals surface area contributed by atoms with Crippen LogP contribution < -0.4 is 11.1 Å². The van der Waals surface area contributed by atoms with Gasteiger partial charge in [-0.05, 0) is 5.56 Å². The maximum Gasteiger partial charge on any atom is 0.247 e. The van der Waals surface area contributed by atoms with Gasteiger partial charge in [-0.25, -0.2) is 0 Å².